The third-order valence-electron chi connectivity index (χ3n) is 8.85. The SMILES string of the molecule is CC(C)(CO[Si](C)(C)C(C)(C)C)N1c2ccn(C(c3ccccc3)(c3ccccc3)c3ccccc3)c2N=CC1Br. The molecule has 214 valence electrons. The Hall–Kier alpha value is -2.93. The van der Waals surface area contributed by atoms with Crippen LogP contribution in [-0.4, -0.2) is 36.2 Å². The Morgan fingerprint density at radius 2 is 1.22 bits per heavy atom. The van der Waals surface area contributed by atoms with E-state index < -0.39 is 13.9 Å². The number of anilines is 1. The summed E-state index contributed by atoms with van der Waals surface area (Å²) < 4.78 is 9.14. The molecule has 4 nitrogen and oxygen atoms in total. The van der Waals surface area contributed by atoms with Crippen LogP contribution in [0.15, 0.2) is 108 Å². The van der Waals surface area contributed by atoms with Gasteiger partial charge in [-0.2, -0.15) is 0 Å². The average molecular weight is 629 g/mol. The molecule has 41 heavy (non-hydrogen) atoms. The van der Waals surface area contributed by atoms with Crippen molar-refractivity contribution in [2.24, 2.45) is 4.99 Å². The van der Waals surface area contributed by atoms with Crippen molar-refractivity contribution in [3.63, 3.8) is 0 Å². The Bertz CT molecular complexity index is 1390. The maximum atomic E-state index is 6.78. The molecule has 0 fully saturated rings. The van der Waals surface area contributed by atoms with Gasteiger partial charge in [0.25, 0.3) is 0 Å². The first-order valence-corrected chi connectivity index (χ1v) is 18.2. The molecule has 0 spiro atoms. The van der Waals surface area contributed by atoms with Crippen LogP contribution in [0, 0.1) is 0 Å². The smallest absolute Gasteiger partial charge is 0.192 e. The van der Waals surface area contributed by atoms with Gasteiger partial charge in [-0.25, -0.2) is 4.99 Å². The largest absolute Gasteiger partial charge is 0.414 e. The van der Waals surface area contributed by atoms with E-state index in [9.17, 15) is 0 Å². The van der Waals surface area contributed by atoms with Crippen LogP contribution in [0.5, 0.6) is 0 Å². The van der Waals surface area contributed by atoms with Gasteiger partial charge in [0.05, 0.1) is 17.8 Å². The summed E-state index contributed by atoms with van der Waals surface area (Å²) >= 11 is 3.94. The first kappa shape index (κ1) is 29.6. The summed E-state index contributed by atoms with van der Waals surface area (Å²) in [5, 5.41) is 0.148. The molecule has 1 unspecified atom stereocenters. The molecule has 0 N–H and O–H groups in total. The van der Waals surface area contributed by atoms with Crippen LogP contribution < -0.4 is 4.90 Å². The summed E-state index contributed by atoms with van der Waals surface area (Å²) in [6.45, 7) is 16.7. The summed E-state index contributed by atoms with van der Waals surface area (Å²) in [7, 11) is -1.93. The molecular formula is C35H42BrN3OSi. The maximum Gasteiger partial charge on any atom is 0.192 e. The van der Waals surface area contributed by atoms with Crippen molar-refractivity contribution >= 4 is 42.0 Å². The Kier molecular flexibility index (Phi) is 7.96. The lowest BCUT2D eigenvalue weighted by atomic mass is 9.76. The van der Waals surface area contributed by atoms with Gasteiger partial charge in [0.15, 0.2) is 14.1 Å². The molecule has 0 radical (unpaired) electrons. The van der Waals surface area contributed by atoms with Crippen molar-refractivity contribution in [2.75, 3.05) is 11.5 Å². The molecule has 6 heteroatoms. The highest BCUT2D eigenvalue weighted by Gasteiger charge is 2.45. The third-order valence-corrected chi connectivity index (χ3v) is 14.0. The number of halogens is 1. The average Bonchev–Trinajstić information content (AvgIpc) is 3.37. The van der Waals surface area contributed by atoms with Gasteiger partial charge in [0.2, 0.25) is 0 Å². The molecule has 0 amide bonds. The normalized spacial score (nSPS) is 16.1. The standard InChI is InChI=1S/C35H42BrN3OSi/c1-33(2,3)41(6,7)40-26-34(4,5)39-30-23-24-38(32(30)37-25-31(39)36)35(27-17-11-8-12-18-27,28-19-13-9-14-20-28)29-21-15-10-16-22-29/h8-25,31H,26H2,1-7H3. The molecule has 0 saturated heterocycles. The van der Waals surface area contributed by atoms with Gasteiger partial charge in [0.1, 0.15) is 10.5 Å². The molecule has 0 bridgehead atoms. The predicted octanol–water partition coefficient (Wildman–Crippen LogP) is 9.37. The second kappa shape index (κ2) is 11.0. The van der Waals surface area contributed by atoms with Gasteiger partial charge in [-0.1, -0.05) is 128 Å². The molecular weight excluding hydrogens is 586 g/mol. The van der Waals surface area contributed by atoms with E-state index in [1.54, 1.807) is 0 Å². The number of rotatable bonds is 8. The fourth-order valence-electron chi connectivity index (χ4n) is 5.59. The predicted molar refractivity (Wildman–Crippen MR) is 180 cm³/mol. The molecule has 1 aromatic heterocycles. The monoisotopic (exact) mass is 627 g/mol. The van der Waals surface area contributed by atoms with Crippen molar-refractivity contribution in [3.05, 3.63) is 120 Å². The number of aliphatic imine (C=N–C) groups is 1. The second-order valence-corrected chi connectivity index (χ2v) is 18.8. The van der Waals surface area contributed by atoms with Gasteiger partial charge in [0, 0.05) is 12.4 Å². The zero-order valence-electron chi connectivity index (χ0n) is 25.3. The molecule has 2 heterocycles. The van der Waals surface area contributed by atoms with Crippen molar-refractivity contribution in [1.29, 1.82) is 0 Å². The minimum absolute atomic E-state index is 0.0524. The second-order valence-electron chi connectivity index (χ2n) is 13.1. The molecule has 0 saturated carbocycles. The molecule has 0 aliphatic carbocycles. The van der Waals surface area contributed by atoms with Gasteiger partial charge >= 0.3 is 0 Å². The van der Waals surface area contributed by atoms with Crippen LogP contribution in [-0.2, 0) is 9.96 Å². The van der Waals surface area contributed by atoms with E-state index >= 15 is 0 Å². The zero-order valence-corrected chi connectivity index (χ0v) is 27.9. The Balaban J connectivity index is 1.70. The van der Waals surface area contributed by atoms with Gasteiger partial charge in [-0.15, -0.1) is 0 Å². The fourth-order valence-corrected chi connectivity index (χ4v) is 7.63. The van der Waals surface area contributed by atoms with Gasteiger partial charge in [-0.3, -0.25) is 0 Å². The summed E-state index contributed by atoms with van der Waals surface area (Å²) in [5.41, 5.74) is 3.72. The summed E-state index contributed by atoms with van der Waals surface area (Å²) in [4.78, 5) is 7.47. The number of fused-ring (bicyclic) bond motifs is 1. The number of benzene rings is 3. The minimum Gasteiger partial charge on any atom is -0.414 e. The lowest BCUT2D eigenvalue weighted by Gasteiger charge is -2.46. The number of hydrogen-bond donors (Lipinski definition) is 0. The quantitative estimate of drug-likeness (QED) is 0.0843. The van der Waals surface area contributed by atoms with E-state index in [2.05, 4.69) is 176 Å². The highest BCUT2D eigenvalue weighted by atomic mass is 79.9. The summed E-state index contributed by atoms with van der Waals surface area (Å²) in [6, 6.07) is 34.5. The molecule has 3 aromatic carbocycles. The van der Waals surface area contributed by atoms with Crippen molar-refractivity contribution in [2.45, 2.75) is 68.8 Å². The van der Waals surface area contributed by atoms with Crippen LogP contribution in [0.1, 0.15) is 51.3 Å². The number of nitrogens with zero attached hydrogens (tertiary/aromatic N) is 3. The first-order valence-electron chi connectivity index (χ1n) is 14.4. The van der Waals surface area contributed by atoms with E-state index in [1.807, 2.05) is 6.21 Å². The van der Waals surface area contributed by atoms with Crippen LogP contribution in [0.2, 0.25) is 18.1 Å². The minimum atomic E-state index is -1.93. The van der Waals surface area contributed by atoms with E-state index in [1.165, 1.54) is 16.7 Å². The maximum absolute atomic E-state index is 6.78. The topological polar surface area (TPSA) is 29.8 Å². The van der Waals surface area contributed by atoms with Crippen molar-refractivity contribution in [1.82, 2.24) is 4.57 Å². The summed E-state index contributed by atoms with van der Waals surface area (Å²) in [6.07, 6.45) is 4.22. The van der Waals surface area contributed by atoms with Crippen LogP contribution in [0.25, 0.3) is 0 Å². The Morgan fingerprint density at radius 3 is 1.66 bits per heavy atom. The Labute approximate surface area is 255 Å². The van der Waals surface area contributed by atoms with Crippen molar-refractivity contribution in [3.8, 4) is 0 Å². The van der Waals surface area contributed by atoms with E-state index in [0.29, 0.717) is 6.61 Å². The first-order chi connectivity index (χ1) is 19.4. The van der Waals surface area contributed by atoms with Crippen molar-refractivity contribution < 1.29 is 4.43 Å². The Morgan fingerprint density at radius 1 is 0.756 bits per heavy atom. The van der Waals surface area contributed by atoms with E-state index in [4.69, 9.17) is 9.42 Å². The molecule has 1 aliphatic heterocycles. The third kappa shape index (κ3) is 5.26. The van der Waals surface area contributed by atoms with Crippen LogP contribution >= 0.6 is 15.9 Å². The van der Waals surface area contributed by atoms with Gasteiger partial charge in [-0.05, 0) is 54.7 Å². The lowest BCUT2D eigenvalue weighted by Crippen LogP contribution is -2.55. The number of aromatic nitrogens is 1. The van der Waals surface area contributed by atoms with Gasteiger partial charge < -0.3 is 13.9 Å². The molecule has 4 aromatic rings. The summed E-state index contributed by atoms with van der Waals surface area (Å²) in [5.74, 6) is 0.928. The van der Waals surface area contributed by atoms with Crippen LogP contribution in [0.4, 0.5) is 11.5 Å². The number of alkyl halides is 1. The number of hydrogen-bond acceptors (Lipinski definition) is 3. The molecule has 5 rings (SSSR count). The molecule has 1 aliphatic rings. The molecule has 1 atom stereocenters. The highest BCUT2D eigenvalue weighted by Crippen LogP contribution is 2.49. The highest BCUT2D eigenvalue weighted by molar-refractivity contribution is 9.10. The zero-order chi connectivity index (χ0) is 29.5. The van der Waals surface area contributed by atoms with Crippen LogP contribution in [0.3, 0.4) is 0 Å². The fraction of sp³-hybridized carbons (Fsp3) is 0.343. The lowest BCUT2D eigenvalue weighted by molar-refractivity contribution is 0.215. The van der Waals surface area contributed by atoms with E-state index in [-0.39, 0.29) is 15.5 Å². The van der Waals surface area contributed by atoms with E-state index in [0.717, 1.165) is 11.5 Å².